The lowest BCUT2D eigenvalue weighted by molar-refractivity contribution is 0.0697. The summed E-state index contributed by atoms with van der Waals surface area (Å²) in [7, 11) is 0. The van der Waals surface area contributed by atoms with Crippen LogP contribution in [0.25, 0.3) is 0 Å². The molecule has 1 heterocycles. The highest BCUT2D eigenvalue weighted by atomic mass is 16.4. The van der Waals surface area contributed by atoms with Crippen molar-refractivity contribution < 1.29 is 14.7 Å². The average molecular weight is 238 g/mol. The number of amides is 2. The van der Waals surface area contributed by atoms with E-state index in [2.05, 4.69) is 10.6 Å². The third-order valence-electron chi connectivity index (χ3n) is 2.04. The maximum atomic E-state index is 10.9. The van der Waals surface area contributed by atoms with E-state index in [9.17, 15) is 9.59 Å². The second-order valence-electron chi connectivity index (χ2n) is 2.98. The van der Waals surface area contributed by atoms with Crippen LogP contribution >= 0.6 is 0 Å². The summed E-state index contributed by atoms with van der Waals surface area (Å²) < 4.78 is 0. The van der Waals surface area contributed by atoms with Crippen molar-refractivity contribution in [2.24, 2.45) is 0 Å². The fourth-order valence-electron chi connectivity index (χ4n) is 1.34. The number of carboxylic acid groups (broad SMARTS) is 1. The number of carbonyl (C=O) groups excluding carboxylic acids is 1. The topological polar surface area (TPSA) is 78.4 Å². The lowest BCUT2D eigenvalue weighted by atomic mass is 10.1. The van der Waals surface area contributed by atoms with Crippen molar-refractivity contribution in [1.29, 1.82) is 0 Å². The monoisotopic (exact) mass is 238 g/mol. The largest absolute Gasteiger partial charge is 0.478 e. The Balaban J connectivity index is 0.000000811. The SMILES string of the molecule is C.CC.O=C1NCc2cc(C(=O)O)ccc2N1. The van der Waals surface area contributed by atoms with Crippen LogP contribution in [0.15, 0.2) is 18.2 Å². The number of urea groups is 1. The van der Waals surface area contributed by atoms with Gasteiger partial charge in [-0.05, 0) is 23.8 Å². The van der Waals surface area contributed by atoms with Crippen LogP contribution in [0.3, 0.4) is 0 Å². The van der Waals surface area contributed by atoms with Crippen molar-refractivity contribution in [3.05, 3.63) is 29.3 Å². The Labute approximate surface area is 101 Å². The summed E-state index contributed by atoms with van der Waals surface area (Å²) in [5, 5.41) is 13.9. The Morgan fingerprint density at radius 3 is 2.59 bits per heavy atom. The third-order valence-corrected chi connectivity index (χ3v) is 2.04. The number of fused-ring (bicyclic) bond motifs is 1. The number of carbonyl (C=O) groups is 2. The molecule has 0 fully saturated rings. The first-order chi connectivity index (χ1) is 7.66. The van der Waals surface area contributed by atoms with E-state index in [1.165, 1.54) is 6.07 Å². The number of aromatic carboxylic acids is 1. The normalized spacial score (nSPS) is 11.8. The molecule has 5 heteroatoms. The van der Waals surface area contributed by atoms with E-state index in [1.54, 1.807) is 12.1 Å². The number of hydrogen-bond donors (Lipinski definition) is 3. The molecule has 17 heavy (non-hydrogen) atoms. The molecule has 0 saturated heterocycles. The van der Waals surface area contributed by atoms with E-state index in [0.717, 1.165) is 5.56 Å². The summed E-state index contributed by atoms with van der Waals surface area (Å²) in [5.41, 5.74) is 1.67. The highest BCUT2D eigenvalue weighted by molar-refractivity contribution is 5.94. The minimum Gasteiger partial charge on any atom is -0.478 e. The molecule has 5 nitrogen and oxygen atoms in total. The van der Waals surface area contributed by atoms with E-state index >= 15 is 0 Å². The van der Waals surface area contributed by atoms with Gasteiger partial charge in [-0.3, -0.25) is 0 Å². The zero-order valence-electron chi connectivity index (χ0n) is 9.20. The van der Waals surface area contributed by atoms with Gasteiger partial charge in [-0.2, -0.15) is 0 Å². The van der Waals surface area contributed by atoms with E-state index in [4.69, 9.17) is 5.11 Å². The Kier molecular flexibility index (Phi) is 5.74. The van der Waals surface area contributed by atoms with Gasteiger partial charge < -0.3 is 15.7 Å². The van der Waals surface area contributed by atoms with Gasteiger partial charge in [-0.1, -0.05) is 21.3 Å². The van der Waals surface area contributed by atoms with Gasteiger partial charge in [-0.25, -0.2) is 9.59 Å². The Hall–Kier alpha value is -2.04. The van der Waals surface area contributed by atoms with Crippen molar-refractivity contribution in [3.8, 4) is 0 Å². The molecule has 0 saturated carbocycles. The lowest BCUT2D eigenvalue weighted by Gasteiger charge is -2.18. The van der Waals surface area contributed by atoms with Crippen LogP contribution in [-0.4, -0.2) is 17.1 Å². The number of carboxylic acids is 1. The van der Waals surface area contributed by atoms with Gasteiger partial charge >= 0.3 is 12.0 Å². The summed E-state index contributed by atoms with van der Waals surface area (Å²) in [6, 6.07) is 4.34. The molecule has 1 aromatic carbocycles. The first-order valence-electron chi connectivity index (χ1n) is 5.08. The average Bonchev–Trinajstić information content (AvgIpc) is 2.30. The molecule has 0 spiro atoms. The molecule has 1 aliphatic heterocycles. The molecule has 94 valence electrons. The fraction of sp³-hybridized carbons (Fsp3) is 0.333. The fourth-order valence-corrected chi connectivity index (χ4v) is 1.34. The van der Waals surface area contributed by atoms with Crippen molar-refractivity contribution in [2.75, 3.05) is 5.32 Å². The standard InChI is InChI=1S/C9H8N2O3.C2H6.CH4/c12-8(13)5-1-2-7-6(3-5)4-10-9(14)11-7;1-2;/h1-3H,4H2,(H,12,13)(H2,10,11,14);1-2H3;1H4. The molecule has 0 unspecified atom stereocenters. The zero-order valence-corrected chi connectivity index (χ0v) is 9.20. The molecule has 1 aliphatic rings. The summed E-state index contributed by atoms with van der Waals surface area (Å²) in [6.45, 7) is 4.36. The van der Waals surface area contributed by atoms with Gasteiger partial charge in [0.05, 0.1) is 5.56 Å². The minimum absolute atomic E-state index is 0. The van der Waals surface area contributed by atoms with Gasteiger partial charge in [-0.15, -0.1) is 0 Å². The summed E-state index contributed by atoms with van der Waals surface area (Å²) >= 11 is 0. The first kappa shape index (κ1) is 15.0. The van der Waals surface area contributed by atoms with Crippen LogP contribution < -0.4 is 10.6 Å². The first-order valence-corrected chi connectivity index (χ1v) is 5.08. The van der Waals surface area contributed by atoms with E-state index in [-0.39, 0.29) is 19.0 Å². The quantitative estimate of drug-likeness (QED) is 0.703. The number of benzene rings is 1. The Morgan fingerprint density at radius 2 is 2.00 bits per heavy atom. The maximum absolute atomic E-state index is 10.9. The molecular formula is C12H18N2O3. The van der Waals surface area contributed by atoms with Crippen molar-refractivity contribution in [3.63, 3.8) is 0 Å². The van der Waals surface area contributed by atoms with Gasteiger partial charge in [0, 0.05) is 12.2 Å². The molecule has 0 bridgehead atoms. The molecule has 2 amide bonds. The van der Waals surface area contributed by atoms with Crippen LogP contribution in [0.4, 0.5) is 10.5 Å². The molecule has 2 rings (SSSR count). The summed E-state index contributed by atoms with van der Waals surface area (Å²) in [5.74, 6) is -0.968. The molecule has 0 aliphatic carbocycles. The minimum atomic E-state index is -0.968. The summed E-state index contributed by atoms with van der Waals surface area (Å²) in [4.78, 5) is 21.5. The number of nitrogens with one attached hydrogen (secondary N) is 2. The van der Waals surface area contributed by atoms with Crippen LogP contribution in [0.5, 0.6) is 0 Å². The highest BCUT2D eigenvalue weighted by Crippen LogP contribution is 2.20. The second kappa shape index (κ2) is 6.52. The van der Waals surface area contributed by atoms with Gasteiger partial charge in [0.15, 0.2) is 0 Å². The van der Waals surface area contributed by atoms with Gasteiger partial charge in [0.1, 0.15) is 0 Å². The predicted molar refractivity (Wildman–Crippen MR) is 67.3 cm³/mol. The van der Waals surface area contributed by atoms with E-state index < -0.39 is 5.97 Å². The smallest absolute Gasteiger partial charge is 0.335 e. The Morgan fingerprint density at radius 1 is 1.35 bits per heavy atom. The van der Waals surface area contributed by atoms with Gasteiger partial charge in [0.2, 0.25) is 0 Å². The van der Waals surface area contributed by atoms with Crippen molar-refractivity contribution >= 4 is 17.7 Å². The van der Waals surface area contributed by atoms with Crippen LogP contribution in [-0.2, 0) is 6.54 Å². The molecule has 0 atom stereocenters. The van der Waals surface area contributed by atoms with Gasteiger partial charge in [0.25, 0.3) is 0 Å². The predicted octanol–water partition coefficient (Wildman–Crippen LogP) is 2.68. The lowest BCUT2D eigenvalue weighted by Crippen LogP contribution is -2.33. The molecule has 0 aromatic heterocycles. The second-order valence-corrected chi connectivity index (χ2v) is 2.98. The van der Waals surface area contributed by atoms with Crippen molar-refractivity contribution in [1.82, 2.24) is 5.32 Å². The summed E-state index contributed by atoms with van der Waals surface area (Å²) in [6.07, 6.45) is 0. The van der Waals surface area contributed by atoms with Crippen molar-refractivity contribution in [2.45, 2.75) is 27.8 Å². The number of anilines is 1. The van der Waals surface area contributed by atoms with E-state index in [1.807, 2.05) is 13.8 Å². The maximum Gasteiger partial charge on any atom is 0.335 e. The molecular weight excluding hydrogens is 220 g/mol. The van der Waals surface area contributed by atoms with Crippen LogP contribution in [0.2, 0.25) is 0 Å². The Bertz CT molecular complexity index is 416. The third kappa shape index (κ3) is 3.48. The zero-order chi connectivity index (χ0) is 12.1. The molecule has 1 aromatic rings. The van der Waals surface area contributed by atoms with Crippen LogP contribution in [0, 0.1) is 0 Å². The number of rotatable bonds is 1. The highest BCUT2D eigenvalue weighted by Gasteiger charge is 2.15. The van der Waals surface area contributed by atoms with E-state index in [0.29, 0.717) is 12.2 Å². The molecule has 3 N–H and O–H groups in total. The molecule has 0 radical (unpaired) electrons. The van der Waals surface area contributed by atoms with Crippen LogP contribution in [0.1, 0.15) is 37.2 Å². The number of hydrogen-bond acceptors (Lipinski definition) is 2.